The molecular weight excluding hydrogens is 260 g/mol. The number of aromatic nitrogens is 2. The minimum Gasteiger partial charge on any atom is -0.504 e. The van der Waals surface area contributed by atoms with E-state index >= 15 is 0 Å². The van der Waals surface area contributed by atoms with Crippen LogP contribution in [0.3, 0.4) is 0 Å². The molecule has 0 aliphatic heterocycles. The zero-order valence-corrected chi connectivity index (χ0v) is 10.9. The van der Waals surface area contributed by atoms with E-state index in [2.05, 4.69) is 10.4 Å². The SMILES string of the molecule is Cn1nccc1NC(=O)[C@@H](N)Cc1ccc(O)c(O)c1. The Hall–Kier alpha value is -2.54. The fourth-order valence-electron chi connectivity index (χ4n) is 1.76. The van der Waals surface area contributed by atoms with Crippen molar-refractivity contribution in [2.75, 3.05) is 5.32 Å². The largest absolute Gasteiger partial charge is 0.504 e. The second-order valence-corrected chi connectivity index (χ2v) is 4.46. The van der Waals surface area contributed by atoms with E-state index in [1.54, 1.807) is 25.4 Å². The third kappa shape index (κ3) is 3.07. The van der Waals surface area contributed by atoms with Gasteiger partial charge < -0.3 is 21.3 Å². The topological polar surface area (TPSA) is 113 Å². The molecule has 1 aromatic heterocycles. The molecule has 5 N–H and O–H groups in total. The molecule has 0 saturated carbocycles. The van der Waals surface area contributed by atoms with Gasteiger partial charge in [0.2, 0.25) is 5.91 Å². The molecule has 20 heavy (non-hydrogen) atoms. The van der Waals surface area contributed by atoms with Crippen molar-refractivity contribution >= 4 is 11.7 Å². The summed E-state index contributed by atoms with van der Waals surface area (Å²) in [6.45, 7) is 0. The lowest BCUT2D eigenvalue weighted by atomic mass is 10.1. The van der Waals surface area contributed by atoms with Crippen LogP contribution in [-0.4, -0.2) is 31.9 Å². The Morgan fingerprint density at radius 3 is 2.75 bits per heavy atom. The molecular formula is C13H16N4O3. The Bertz CT molecular complexity index is 624. The van der Waals surface area contributed by atoms with Gasteiger partial charge in [-0.3, -0.25) is 9.48 Å². The Labute approximate surface area is 115 Å². The fourth-order valence-corrected chi connectivity index (χ4v) is 1.76. The van der Waals surface area contributed by atoms with Gasteiger partial charge in [-0.05, 0) is 24.1 Å². The number of carbonyl (C=O) groups is 1. The van der Waals surface area contributed by atoms with Crippen LogP contribution in [0.1, 0.15) is 5.56 Å². The molecule has 1 amide bonds. The molecule has 0 spiro atoms. The van der Waals surface area contributed by atoms with Crippen LogP contribution in [-0.2, 0) is 18.3 Å². The van der Waals surface area contributed by atoms with Gasteiger partial charge in [0, 0.05) is 13.1 Å². The first-order chi connectivity index (χ1) is 9.47. The number of phenols is 2. The maximum absolute atomic E-state index is 11.9. The fraction of sp³-hybridized carbons (Fsp3) is 0.231. The van der Waals surface area contributed by atoms with Crippen molar-refractivity contribution in [2.45, 2.75) is 12.5 Å². The summed E-state index contributed by atoms with van der Waals surface area (Å²) in [5, 5.41) is 25.2. The van der Waals surface area contributed by atoms with Crippen molar-refractivity contribution < 1.29 is 15.0 Å². The van der Waals surface area contributed by atoms with Gasteiger partial charge in [0.25, 0.3) is 0 Å². The molecule has 0 fully saturated rings. The first-order valence-electron chi connectivity index (χ1n) is 6.02. The van der Waals surface area contributed by atoms with Gasteiger partial charge in [-0.25, -0.2) is 0 Å². The second-order valence-electron chi connectivity index (χ2n) is 4.46. The van der Waals surface area contributed by atoms with Gasteiger partial charge in [-0.15, -0.1) is 0 Å². The number of carbonyl (C=O) groups excluding carboxylic acids is 1. The number of hydrogen-bond acceptors (Lipinski definition) is 5. The Kier molecular flexibility index (Phi) is 3.90. The predicted molar refractivity (Wildman–Crippen MR) is 73.3 cm³/mol. The summed E-state index contributed by atoms with van der Waals surface area (Å²) in [7, 11) is 1.71. The van der Waals surface area contributed by atoms with Crippen molar-refractivity contribution in [3.8, 4) is 11.5 Å². The smallest absolute Gasteiger partial charge is 0.242 e. The highest BCUT2D eigenvalue weighted by atomic mass is 16.3. The van der Waals surface area contributed by atoms with Crippen LogP contribution in [0.15, 0.2) is 30.5 Å². The van der Waals surface area contributed by atoms with Crippen molar-refractivity contribution in [1.82, 2.24) is 9.78 Å². The maximum atomic E-state index is 11.9. The van der Waals surface area contributed by atoms with Crippen molar-refractivity contribution in [2.24, 2.45) is 12.8 Å². The number of rotatable bonds is 4. The van der Waals surface area contributed by atoms with Gasteiger partial charge in [0.05, 0.1) is 12.2 Å². The molecule has 7 nitrogen and oxygen atoms in total. The van der Waals surface area contributed by atoms with Crippen molar-refractivity contribution in [3.05, 3.63) is 36.0 Å². The monoisotopic (exact) mass is 276 g/mol. The van der Waals surface area contributed by atoms with E-state index in [-0.39, 0.29) is 23.8 Å². The van der Waals surface area contributed by atoms with Gasteiger partial charge in [0.15, 0.2) is 11.5 Å². The molecule has 0 saturated heterocycles. The number of aryl methyl sites for hydroxylation is 1. The number of benzene rings is 1. The van der Waals surface area contributed by atoms with Crippen LogP contribution in [0, 0.1) is 0 Å². The van der Waals surface area contributed by atoms with Crippen molar-refractivity contribution in [3.63, 3.8) is 0 Å². The number of anilines is 1. The second kappa shape index (κ2) is 5.62. The first kappa shape index (κ1) is 13.9. The van der Waals surface area contributed by atoms with Gasteiger partial charge in [0.1, 0.15) is 5.82 Å². The third-order valence-electron chi connectivity index (χ3n) is 2.90. The van der Waals surface area contributed by atoms with E-state index < -0.39 is 6.04 Å². The normalized spacial score (nSPS) is 12.1. The zero-order chi connectivity index (χ0) is 14.7. The van der Waals surface area contributed by atoms with Gasteiger partial charge in [-0.2, -0.15) is 5.10 Å². The van der Waals surface area contributed by atoms with Crippen LogP contribution in [0.25, 0.3) is 0 Å². The summed E-state index contributed by atoms with van der Waals surface area (Å²) in [6.07, 6.45) is 1.82. The molecule has 0 radical (unpaired) electrons. The van der Waals surface area contributed by atoms with Crippen LogP contribution in [0.4, 0.5) is 5.82 Å². The number of aromatic hydroxyl groups is 2. The minimum atomic E-state index is -0.770. The molecule has 0 bridgehead atoms. The molecule has 2 aromatic rings. The molecule has 1 aromatic carbocycles. The molecule has 0 aliphatic rings. The van der Waals surface area contributed by atoms with E-state index in [1.165, 1.54) is 16.8 Å². The lowest BCUT2D eigenvalue weighted by Gasteiger charge is -2.12. The molecule has 2 rings (SSSR count). The number of amides is 1. The quantitative estimate of drug-likeness (QED) is 0.601. The lowest BCUT2D eigenvalue weighted by Crippen LogP contribution is -2.37. The average Bonchev–Trinajstić information content (AvgIpc) is 2.79. The number of nitrogens with zero attached hydrogens (tertiary/aromatic N) is 2. The summed E-state index contributed by atoms with van der Waals surface area (Å²) in [4.78, 5) is 11.9. The number of hydrogen-bond donors (Lipinski definition) is 4. The summed E-state index contributed by atoms with van der Waals surface area (Å²) in [5.41, 5.74) is 6.48. The summed E-state index contributed by atoms with van der Waals surface area (Å²) < 4.78 is 1.52. The number of nitrogens with two attached hydrogens (primary N) is 1. The summed E-state index contributed by atoms with van der Waals surface area (Å²) >= 11 is 0. The van der Waals surface area contributed by atoms with Gasteiger partial charge in [-0.1, -0.05) is 6.07 Å². The molecule has 1 atom stereocenters. The first-order valence-corrected chi connectivity index (χ1v) is 6.02. The highest BCUT2D eigenvalue weighted by Gasteiger charge is 2.16. The Morgan fingerprint density at radius 2 is 2.15 bits per heavy atom. The molecule has 0 aliphatic carbocycles. The summed E-state index contributed by atoms with van der Waals surface area (Å²) in [6, 6.07) is 5.24. The van der Waals surface area contributed by atoms with Crippen LogP contribution in [0.5, 0.6) is 11.5 Å². The highest BCUT2D eigenvalue weighted by Crippen LogP contribution is 2.25. The average molecular weight is 276 g/mol. The van der Waals surface area contributed by atoms with Crippen LogP contribution >= 0.6 is 0 Å². The van der Waals surface area contributed by atoms with Gasteiger partial charge >= 0.3 is 0 Å². The molecule has 1 heterocycles. The minimum absolute atomic E-state index is 0.207. The van der Waals surface area contributed by atoms with E-state index in [0.29, 0.717) is 11.4 Å². The molecule has 106 valence electrons. The highest BCUT2D eigenvalue weighted by molar-refractivity contribution is 5.94. The number of nitrogens with one attached hydrogen (secondary N) is 1. The van der Waals surface area contributed by atoms with E-state index in [0.717, 1.165) is 0 Å². The van der Waals surface area contributed by atoms with E-state index in [1.807, 2.05) is 0 Å². The van der Waals surface area contributed by atoms with Crippen LogP contribution in [0.2, 0.25) is 0 Å². The lowest BCUT2D eigenvalue weighted by molar-refractivity contribution is -0.117. The summed E-state index contributed by atoms with van der Waals surface area (Å²) in [5.74, 6) is -0.233. The third-order valence-corrected chi connectivity index (χ3v) is 2.90. The predicted octanol–water partition coefficient (Wildman–Crippen LogP) is 0.340. The maximum Gasteiger partial charge on any atom is 0.242 e. The molecule has 0 unspecified atom stereocenters. The zero-order valence-electron chi connectivity index (χ0n) is 10.9. The van der Waals surface area contributed by atoms with Crippen molar-refractivity contribution in [1.29, 1.82) is 0 Å². The molecule has 7 heteroatoms. The Balaban J connectivity index is 2.00. The van der Waals surface area contributed by atoms with E-state index in [4.69, 9.17) is 5.73 Å². The standard InChI is InChI=1S/C13H16N4O3/c1-17-12(4-5-15-17)16-13(20)9(14)6-8-2-3-10(18)11(19)7-8/h2-5,7,9,18-19H,6,14H2,1H3,(H,16,20)/t9-/m0/s1. The Morgan fingerprint density at radius 1 is 1.40 bits per heavy atom. The van der Waals surface area contributed by atoms with Crippen LogP contribution < -0.4 is 11.1 Å². The number of phenolic OH excluding ortho intramolecular Hbond substituents is 2. The van der Waals surface area contributed by atoms with E-state index in [9.17, 15) is 15.0 Å².